The minimum atomic E-state index is -0.150. The smallest absolute Gasteiger partial charge is 0.0600 e. The molecule has 1 nitrogen and oxygen atoms in total. The minimum absolute atomic E-state index is 0.150. The molecule has 0 heterocycles. The third-order valence-corrected chi connectivity index (χ3v) is 9.32. The average molecular weight is 564 g/mol. The molecule has 0 saturated heterocycles. The van der Waals surface area contributed by atoms with E-state index in [1.165, 1.54) is 211 Å². The summed E-state index contributed by atoms with van der Waals surface area (Å²) in [5.74, 6) is 1.34. The fraction of sp³-hybridized carbons (Fsp3) is 0.974. The van der Waals surface area contributed by atoms with E-state index in [4.69, 9.17) is 0 Å². The van der Waals surface area contributed by atoms with E-state index in [1.807, 2.05) is 0 Å². The molecule has 0 aliphatic rings. The van der Waals surface area contributed by atoms with Gasteiger partial charge in [-0.25, -0.2) is 0 Å². The molecule has 0 aliphatic heterocycles. The normalized spacial score (nSPS) is 12.5. The Balaban J connectivity index is 3.26. The van der Waals surface area contributed by atoms with Gasteiger partial charge in [-0.05, 0) is 12.8 Å². The lowest BCUT2D eigenvalue weighted by Crippen LogP contribution is -2.15. The first-order chi connectivity index (χ1) is 19.7. The lowest BCUT2D eigenvalue weighted by Gasteiger charge is -2.18. The maximum atomic E-state index is 10.5. The molecule has 0 saturated carbocycles. The molecule has 241 valence electrons. The Hall–Kier alpha value is -0.0400. The molecule has 0 aromatic heterocycles. The van der Waals surface area contributed by atoms with Crippen molar-refractivity contribution in [3.05, 3.63) is 5.92 Å². The van der Waals surface area contributed by atoms with Crippen LogP contribution >= 0.6 is 0 Å². The van der Waals surface area contributed by atoms with Gasteiger partial charge in [-0.15, -0.1) is 0 Å². The van der Waals surface area contributed by atoms with Crippen molar-refractivity contribution in [2.75, 3.05) is 0 Å². The molecule has 0 fully saturated rings. The van der Waals surface area contributed by atoms with Gasteiger partial charge < -0.3 is 5.11 Å². The second kappa shape index (κ2) is 35.2. The van der Waals surface area contributed by atoms with Crippen molar-refractivity contribution in [1.82, 2.24) is 0 Å². The quantitative estimate of drug-likeness (QED) is 0.0760. The van der Waals surface area contributed by atoms with Crippen LogP contribution in [0.15, 0.2) is 0 Å². The van der Waals surface area contributed by atoms with E-state index in [1.54, 1.807) is 0 Å². The van der Waals surface area contributed by atoms with Gasteiger partial charge in [0.05, 0.1) is 6.10 Å². The van der Waals surface area contributed by atoms with E-state index < -0.39 is 0 Å². The second-order valence-electron chi connectivity index (χ2n) is 13.5. The van der Waals surface area contributed by atoms with Crippen LogP contribution in [0.25, 0.3) is 0 Å². The molecule has 1 atom stereocenters. The number of rotatable bonds is 35. The monoisotopic (exact) mass is 564 g/mol. The summed E-state index contributed by atoms with van der Waals surface area (Å²) < 4.78 is 0. The van der Waals surface area contributed by atoms with Gasteiger partial charge in [-0.1, -0.05) is 226 Å². The van der Waals surface area contributed by atoms with Crippen molar-refractivity contribution in [3.8, 4) is 0 Å². The van der Waals surface area contributed by atoms with Crippen LogP contribution in [0.3, 0.4) is 0 Å². The first kappa shape index (κ1) is 40.0. The zero-order chi connectivity index (χ0) is 29.2. The van der Waals surface area contributed by atoms with Crippen molar-refractivity contribution in [3.63, 3.8) is 0 Å². The Bertz CT molecular complexity index is 393. The molecule has 1 unspecified atom stereocenters. The van der Waals surface area contributed by atoms with Crippen molar-refractivity contribution in [2.45, 2.75) is 245 Å². The SMILES string of the molecule is CCCCCCCCCCCCCCCCCC[C](C)C(O)CCCCCCCCCCCCCCCCCC. The molecular formula is C39H79O. The maximum absolute atomic E-state index is 10.5. The summed E-state index contributed by atoms with van der Waals surface area (Å²) in [4.78, 5) is 0. The molecule has 0 amide bonds. The molecule has 0 spiro atoms. The van der Waals surface area contributed by atoms with Crippen molar-refractivity contribution in [1.29, 1.82) is 0 Å². The summed E-state index contributed by atoms with van der Waals surface area (Å²) in [7, 11) is 0. The van der Waals surface area contributed by atoms with Crippen LogP contribution in [0.1, 0.15) is 239 Å². The summed E-state index contributed by atoms with van der Waals surface area (Å²) >= 11 is 0. The standard InChI is InChI=1S/C39H79O/c1-4-6-8-10-12-14-16-18-20-22-24-26-28-30-32-34-36-38(3)39(40)37-35-33-31-29-27-25-23-21-19-17-15-13-11-9-7-5-2/h39-40H,4-37H2,1-3H3. The predicted molar refractivity (Wildman–Crippen MR) is 183 cm³/mol. The summed E-state index contributed by atoms with van der Waals surface area (Å²) in [5.41, 5.74) is 0. The summed E-state index contributed by atoms with van der Waals surface area (Å²) in [6, 6.07) is 0. The molecule has 1 N–H and O–H groups in total. The van der Waals surface area contributed by atoms with E-state index in [0.717, 1.165) is 12.8 Å². The summed E-state index contributed by atoms with van der Waals surface area (Å²) in [6.45, 7) is 6.80. The van der Waals surface area contributed by atoms with E-state index >= 15 is 0 Å². The highest BCUT2D eigenvalue weighted by molar-refractivity contribution is 4.91. The lowest BCUT2D eigenvalue weighted by molar-refractivity contribution is 0.167. The predicted octanol–water partition coefficient (Wildman–Crippen LogP) is 14.2. The molecular weight excluding hydrogens is 484 g/mol. The van der Waals surface area contributed by atoms with Gasteiger partial charge in [0.15, 0.2) is 0 Å². The summed E-state index contributed by atoms with van der Waals surface area (Å²) in [6.07, 6.45) is 47.3. The van der Waals surface area contributed by atoms with E-state index in [-0.39, 0.29) is 6.10 Å². The third kappa shape index (κ3) is 32.5. The number of hydrogen-bond donors (Lipinski definition) is 1. The highest BCUT2D eigenvalue weighted by Gasteiger charge is 2.13. The van der Waals surface area contributed by atoms with Crippen LogP contribution in [0.5, 0.6) is 0 Å². The zero-order valence-corrected chi connectivity index (χ0v) is 28.6. The van der Waals surface area contributed by atoms with Crippen LogP contribution in [0, 0.1) is 5.92 Å². The van der Waals surface area contributed by atoms with Crippen molar-refractivity contribution >= 4 is 0 Å². The Kier molecular flexibility index (Phi) is 35.1. The topological polar surface area (TPSA) is 20.2 Å². The molecule has 0 aliphatic carbocycles. The number of aliphatic hydroxyl groups is 1. The van der Waals surface area contributed by atoms with Gasteiger partial charge >= 0.3 is 0 Å². The van der Waals surface area contributed by atoms with Gasteiger partial charge in [0.25, 0.3) is 0 Å². The van der Waals surface area contributed by atoms with Crippen molar-refractivity contribution < 1.29 is 5.11 Å². The van der Waals surface area contributed by atoms with Crippen molar-refractivity contribution in [2.24, 2.45) is 0 Å². The third-order valence-electron chi connectivity index (χ3n) is 9.32. The molecule has 1 radical (unpaired) electrons. The Labute approximate surface area is 255 Å². The van der Waals surface area contributed by atoms with Crippen LogP contribution in [-0.4, -0.2) is 11.2 Å². The zero-order valence-electron chi connectivity index (χ0n) is 28.6. The van der Waals surface area contributed by atoms with E-state index in [2.05, 4.69) is 20.8 Å². The molecule has 0 bridgehead atoms. The molecule has 0 rings (SSSR count). The van der Waals surface area contributed by atoms with Crippen LogP contribution in [0.4, 0.5) is 0 Å². The summed E-state index contributed by atoms with van der Waals surface area (Å²) in [5, 5.41) is 10.5. The minimum Gasteiger partial charge on any atom is -0.393 e. The number of unbranched alkanes of at least 4 members (excludes halogenated alkanes) is 30. The Morgan fingerprint density at radius 1 is 0.350 bits per heavy atom. The van der Waals surface area contributed by atoms with E-state index in [9.17, 15) is 5.11 Å². The lowest BCUT2D eigenvalue weighted by atomic mass is 9.93. The fourth-order valence-electron chi connectivity index (χ4n) is 6.25. The first-order valence-corrected chi connectivity index (χ1v) is 19.2. The van der Waals surface area contributed by atoms with Gasteiger partial charge in [0, 0.05) is 5.92 Å². The highest BCUT2D eigenvalue weighted by atomic mass is 16.3. The molecule has 40 heavy (non-hydrogen) atoms. The number of hydrogen-bond acceptors (Lipinski definition) is 1. The second-order valence-corrected chi connectivity index (χ2v) is 13.5. The first-order valence-electron chi connectivity index (χ1n) is 19.2. The average Bonchev–Trinajstić information content (AvgIpc) is 2.96. The number of aliphatic hydroxyl groups excluding tert-OH is 1. The van der Waals surface area contributed by atoms with Crippen LogP contribution in [0.2, 0.25) is 0 Å². The Morgan fingerprint density at radius 3 is 0.850 bits per heavy atom. The Morgan fingerprint density at radius 2 is 0.575 bits per heavy atom. The maximum Gasteiger partial charge on any atom is 0.0600 e. The van der Waals surface area contributed by atoms with Gasteiger partial charge in [0.2, 0.25) is 0 Å². The van der Waals surface area contributed by atoms with E-state index in [0.29, 0.717) is 0 Å². The molecule has 1 heteroatoms. The molecule has 0 aromatic carbocycles. The van der Waals surface area contributed by atoms with Crippen LogP contribution < -0.4 is 0 Å². The largest absolute Gasteiger partial charge is 0.393 e. The molecule has 0 aromatic rings. The van der Waals surface area contributed by atoms with Gasteiger partial charge in [0.1, 0.15) is 0 Å². The fourth-order valence-corrected chi connectivity index (χ4v) is 6.25. The van der Waals surface area contributed by atoms with Crippen LogP contribution in [-0.2, 0) is 0 Å². The highest BCUT2D eigenvalue weighted by Crippen LogP contribution is 2.22. The van der Waals surface area contributed by atoms with Gasteiger partial charge in [-0.3, -0.25) is 0 Å². The van der Waals surface area contributed by atoms with Gasteiger partial charge in [-0.2, -0.15) is 0 Å².